The summed E-state index contributed by atoms with van der Waals surface area (Å²) in [4.78, 5) is 24.8. The van der Waals surface area contributed by atoms with Gasteiger partial charge in [0.1, 0.15) is 24.2 Å². The molecule has 0 aliphatic carbocycles. The van der Waals surface area contributed by atoms with Gasteiger partial charge < -0.3 is 31.6 Å². The number of amidine groups is 1. The van der Waals surface area contributed by atoms with Crippen molar-refractivity contribution in [2.45, 2.75) is 38.3 Å². The lowest BCUT2D eigenvalue weighted by Crippen LogP contribution is -2.47. The third kappa shape index (κ3) is 9.61. The van der Waals surface area contributed by atoms with E-state index in [9.17, 15) is 9.59 Å². The van der Waals surface area contributed by atoms with Crippen LogP contribution in [0, 0.1) is 5.41 Å². The Morgan fingerprint density at radius 2 is 1.73 bits per heavy atom. The van der Waals surface area contributed by atoms with E-state index in [1.165, 1.54) is 0 Å². The number of nitrogens with two attached hydrogens (primary N) is 2. The summed E-state index contributed by atoms with van der Waals surface area (Å²) in [7, 11) is 0. The lowest BCUT2D eigenvalue weighted by molar-refractivity contribution is -0.123. The van der Waals surface area contributed by atoms with Crippen LogP contribution in [-0.4, -0.2) is 43.6 Å². The number of nitrogen functional groups attached to an aromatic ring is 1. The van der Waals surface area contributed by atoms with E-state index in [0.29, 0.717) is 50.3 Å². The summed E-state index contributed by atoms with van der Waals surface area (Å²) in [5.74, 6) is 0.177. The first kappa shape index (κ1) is 25.7. The van der Waals surface area contributed by atoms with Crippen molar-refractivity contribution in [3.8, 4) is 5.75 Å². The minimum absolute atomic E-state index is 0.0653. The van der Waals surface area contributed by atoms with Crippen LogP contribution in [0.4, 0.5) is 4.79 Å². The third-order valence-electron chi connectivity index (χ3n) is 4.82. The van der Waals surface area contributed by atoms with Gasteiger partial charge in [-0.1, -0.05) is 42.5 Å². The maximum Gasteiger partial charge on any atom is 0.408 e. The van der Waals surface area contributed by atoms with Gasteiger partial charge in [-0.2, -0.15) is 0 Å². The van der Waals surface area contributed by atoms with Crippen LogP contribution >= 0.6 is 0 Å². The molecule has 0 unspecified atom stereocenters. The fourth-order valence-electron chi connectivity index (χ4n) is 3.07. The van der Waals surface area contributed by atoms with Gasteiger partial charge >= 0.3 is 6.09 Å². The van der Waals surface area contributed by atoms with Crippen molar-refractivity contribution < 1.29 is 19.1 Å². The summed E-state index contributed by atoms with van der Waals surface area (Å²) in [6, 6.07) is 15.7. The Morgan fingerprint density at radius 1 is 1.00 bits per heavy atom. The number of ether oxygens (including phenoxy) is 2. The molecule has 33 heavy (non-hydrogen) atoms. The van der Waals surface area contributed by atoms with E-state index in [4.69, 9.17) is 26.4 Å². The number of benzene rings is 2. The highest BCUT2D eigenvalue weighted by Gasteiger charge is 2.21. The van der Waals surface area contributed by atoms with Crippen molar-refractivity contribution in [1.29, 1.82) is 5.41 Å². The molecule has 9 heteroatoms. The van der Waals surface area contributed by atoms with E-state index >= 15 is 0 Å². The zero-order valence-corrected chi connectivity index (χ0v) is 18.7. The van der Waals surface area contributed by atoms with Crippen molar-refractivity contribution in [1.82, 2.24) is 10.6 Å². The minimum Gasteiger partial charge on any atom is -0.493 e. The Bertz CT molecular complexity index is 891. The van der Waals surface area contributed by atoms with E-state index in [-0.39, 0.29) is 18.3 Å². The van der Waals surface area contributed by atoms with Crippen LogP contribution in [0.25, 0.3) is 0 Å². The standard InChI is InChI=1S/C24H33N5O4/c25-14-7-6-12-20(29-24(31)33-17-18-9-2-1-3-10-18)23(30)28-15-8-16-32-21-13-5-4-11-19(21)22(26)27/h1-5,9-11,13,20H,6-8,12,14-17,25H2,(H3,26,27)(H,28,30)(H,29,31)/t20-/m0/s1. The third-order valence-corrected chi connectivity index (χ3v) is 4.82. The molecule has 0 radical (unpaired) electrons. The van der Waals surface area contributed by atoms with Crippen molar-refractivity contribution >= 4 is 17.8 Å². The predicted octanol–water partition coefficient (Wildman–Crippen LogP) is 2.28. The van der Waals surface area contributed by atoms with Gasteiger partial charge in [-0.3, -0.25) is 10.2 Å². The van der Waals surface area contributed by atoms with Gasteiger partial charge in [0, 0.05) is 6.54 Å². The van der Waals surface area contributed by atoms with Gasteiger partial charge in [0.25, 0.3) is 0 Å². The number of rotatable bonds is 14. The molecular formula is C24H33N5O4. The second-order valence-corrected chi connectivity index (χ2v) is 7.45. The normalized spacial score (nSPS) is 11.3. The molecule has 1 atom stereocenters. The SMILES string of the molecule is N=C(N)c1ccccc1OCCCNC(=O)[C@H](CCCCN)NC(=O)OCc1ccccc1. The van der Waals surface area contributed by atoms with Gasteiger partial charge in [-0.05, 0) is 49.9 Å². The van der Waals surface area contributed by atoms with Gasteiger partial charge in [-0.15, -0.1) is 0 Å². The minimum atomic E-state index is -0.709. The molecule has 0 bridgehead atoms. The van der Waals surface area contributed by atoms with Crippen molar-refractivity contribution in [3.05, 3.63) is 65.7 Å². The largest absolute Gasteiger partial charge is 0.493 e. The molecule has 2 aromatic rings. The molecule has 0 aliphatic heterocycles. The number of amides is 2. The zero-order valence-electron chi connectivity index (χ0n) is 18.7. The van der Waals surface area contributed by atoms with Crippen molar-refractivity contribution in [3.63, 3.8) is 0 Å². The topological polar surface area (TPSA) is 153 Å². The Kier molecular flexibility index (Phi) is 11.3. The lowest BCUT2D eigenvalue weighted by Gasteiger charge is -2.18. The molecule has 2 aromatic carbocycles. The molecule has 0 heterocycles. The molecule has 2 amide bonds. The summed E-state index contributed by atoms with van der Waals surface area (Å²) >= 11 is 0. The Labute approximate surface area is 194 Å². The second-order valence-electron chi connectivity index (χ2n) is 7.45. The summed E-state index contributed by atoms with van der Waals surface area (Å²) in [6.45, 7) is 1.36. The van der Waals surface area contributed by atoms with Crippen LogP contribution < -0.4 is 26.8 Å². The number of carbonyl (C=O) groups is 2. The number of carbonyl (C=O) groups excluding carboxylic acids is 2. The molecule has 0 aliphatic rings. The number of hydrogen-bond acceptors (Lipinski definition) is 6. The number of unbranched alkanes of at least 4 members (excludes halogenated alkanes) is 1. The number of hydrogen-bond donors (Lipinski definition) is 5. The molecule has 0 fully saturated rings. The smallest absolute Gasteiger partial charge is 0.408 e. The lowest BCUT2D eigenvalue weighted by atomic mass is 10.1. The van der Waals surface area contributed by atoms with Gasteiger partial charge in [0.2, 0.25) is 5.91 Å². The van der Waals surface area contributed by atoms with E-state index < -0.39 is 12.1 Å². The Hall–Kier alpha value is -3.59. The molecule has 0 spiro atoms. The van der Waals surface area contributed by atoms with Gasteiger partial charge in [0.05, 0.1) is 12.2 Å². The van der Waals surface area contributed by atoms with Crippen LogP contribution in [0.3, 0.4) is 0 Å². The Balaban J connectivity index is 1.77. The van der Waals surface area contributed by atoms with Crippen molar-refractivity contribution in [2.75, 3.05) is 19.7 Å². The van der Waals surface area contributed by atoms with Gasteiger partial charge in [0.15, 0.2) is 0 Å². The van der Waals surface area contributed by atoms with Crippen LogP contribution in [0.15, 0.2) is 54.6 Å². The van der Waals surface area contributed by atoms with Crippen LogP contribution in [0.2, 0.25) is 0 Å². The molecule has 9 nitrogen and oxygen atoms in total. The van der Waals surface area contributed by atoms with Crippen LogP contribution in [0.5, 0.6) is 5.75 Å². The fraction of sp³-hybridized carbons (Fsp3) is 0.375. The summed E-state index contributed by atoms with van der Waals surface area (Å²) < 4.78 is 10.9. The highest BCUT2D eigenvalue weighted by molar-refractivity contribution is 5.97. The highest BCUT2D eigenvalue weighted by atomic mass is 16.5. The quantitative estimate of drug-likeness (QED) is 0.167. The first-order valence-corrected chi connectivity index (χ1v) is 11.0. The molecule has 7 N–H and O–H groups in total. The summed E-state index contributed by atoms with van der Waals surface area (Å²) in [5.41, 5.74) is 12.5. The highest BCUT2D eigenvalue weighted by Crippen LogP contribution is 2.17. The van der Waals surface area contributed by atoms with E-state index in [2.05, 4.69) is 10.6 Å². The van der Waals surface area contributed by atoms with Gasteiger partial charge in [-0.25, -0.2) is 4.79 Å². The molecule has 0 aromatic heterocycles. The fourth-order valence-corrected chi connectivity index (χ4v) is 3.07. The summed E-state index contributed by atoms with van der Waals surface area (Å²) in [6.07, 6.45) is 1.83. The predicted molar refractivity (Wildman–Crippen MR) is 127 cm³/mol. The molecule has 0 saturated heterocycles. The van der Waals surface area contributed by atoms with E-state index in [1.807, 2.05) is 30.3 Å². The summed E-state index contributed by atoms with van der Waals surface area (Å²) in [5, 5.41) is 13.1. The maximum atomic E-state index is 12.6. The molecular weight excluding hydrogens is 422 g/mol. The van der Waals surface area contributed by atoms with Crippen molar-refractivity contribution in [2.24, 2.45) is 11.5 Å². The first-order valence-electron chi connectivity index (χ1n) is 11.0. The average molecular weight is 456 g/mol. The van der Waals surface area contributed by atoms with E-state index in [1.54, 1.807) is 24.3 Å². The molecule has 0 saturated carbocycles. The first-order chi connectivity index (χ1) is 16.0. The number of alkyl carbamates (subject to hydrolysis) is 1. The number of nitrogens with one attached hydrogen (secondary N) is 3. The monoisotopic (exact) mass is 455 g/mol. The zero-order chi connectivity index (χ0) is 23.9. The second kappa shape index (κ2) is 14.5. The van der Waals surface area contributed by atoms with Crippen LogP contribution in [-0.2, 0) is 16.1 Å². The maximum absolute atomic E-state index is 12.6. The Morgan fingerprint density at radius 3 is 2.45 bits per heavy atom. The average Bonchev–Trinajstić information content (AvgIpc) is 2.82. The van der Waals surface area contributed by atoms with Crippen LogP contribution in [0.1, 0.15) is 36.8 Å². The van der Waals surface area contributed by atoms with E-state index in [0.717, 1.165) is 12.0 Å². The molecule has 178 valence electrons. The number of para-hydroxylation sites is 1. The molecule has 2 rings (SSSR count).